The Hall–Kier alpha value is -4.17. The molecule has 5 rings (SSSR count). The maximum atomic E-state index is 14.1. The van der Waals surface area contributed by atoms with Crippen molar-refractivity contribution in [2.45, 2.75) is 13.1 Å². The van der Waals surface area contributed by atoms with E-state index in [1.807, 2.05) is 18.2 Å². The Morgan fingerprint density at radius 2 is 1.89 bits per heavy atom. The lowest BCUT2D eigenvalue weighted by molar-refractivity contribution is -0.116. The zero-order valence-electron chi connectivity index (χ0n) is 18.7. The lowest BCUT2D eigenvalue weighted by Crippen LogP contribution is -2.25. The highest BCUT2D eigenvalue weighted by molar-refractivity contribution is 6.31. The molecular formula is C26H20ClFN4O3. The van der Waals surface area contributed by atoms with Crippen LogP contribution in [0.5, 0.6) is 5.75 Å². The Morgan fingerprint density at radius 1 is 1.11 bits per heavy atom. The third kappa shape index (κ3) is 4.36. The molecule has 0 fully saturated rings. The zero-order chi connectivity index (χ0) is 24.5. The summed E-state index contributed by atoms with van der Waals surface area (Å²) in [5, 5.41) is 3.80. The van der Waals surface area contributed by atoms with Gasteiger partial charge in [-0.05, 0) is 54.1 Å². The van der Waals surface area contributed by atoms with Crippen molar-refractivity contribution < 1.29 is 13.9 Å². The highest BCUT2D eigenvalue weighted by Crippen LogP contribution is 2.27. The zero-order valence-corrected chi connectivity index (χ0v) is 19.4. The van der Waals surface area contributed by atoms with Crippen molar-refractivity contribution in [3.8, 4) is 5.75 Å². The first kappa shape index (κ1) is 22.6. The van der Waals surface area contributed by atoms with Gasteiger partial charge >= 0.3 is 0 Å². The summed E-state index contributed by atoms with van der Waals surface area (Å²) in [6.45, 7) is 0.0417. The number of nitrogens with zero attached hydrogens (tertiary/aromatic N) is 3. The topological polar surface area (TPSA) is 78.2 Å². The molecule has 0 radical (unpaired) electrons. The quantitative estimate of drug-likeness (QED) is 0.369. The number of aromatic nitrogens is 3. The highest BCUT2D eigenvalue weighted by Gasteiger charge is 2.19. The number of nitrogens with one attached hydrogen (secondary N) is 1. The van der Waals surface area contributed by atoms with Crippen LogP contribution in [0, 0.1) is 5.82 Å². The average Bonchev–Trinajstić information content (AvgIpc) is 3.15. The molecule has 0 saturated heterocycles. The lowest BCUT2D eigenvalue weighted by atomic mass is 10.2. The number of hydrogen-bond donors (Lipinski definition) is 1. The molecular weight excluding hydrogens is 471 g/mol. The van der Waals surface area contributed by atoms with E-state index < -0.39 is 5.82 Å². The Kier molecular flexibility index (Phi) is 5.96. The van der Waals surface area contributed by atoms with Gasteiger partial charge in [-0.1, -0.05) is 29.8 Å². The first-order valence-corrected chi connectivity index (χ1v) is 11.2. The summed E-state index contributed by atoms with van der Waals surface area (Å²) < 4.78 is 22.2. The highest BCUT2D eigenvalue weighted by atomic mass is 35.5. The fourth-order valence-electron chi connectivity index (χ4n) is 4.08. The molecule has 1 amide bonds. The normalized spacial score (nSPS) is 11.2. The summed E-state index contributed by atoms with van der Waals surface area (Å²) in [6.07, 6.45) is 1.42. The summed E-state index contributed by atoms with van der Waals surface area (Å²) in [4.78, 5) is 30.9. The largest absolute Gasteiger partial charge is 0.497 e. The number of fused-ring (bicyclic) bond motifs is 3. The van der Waals surface area contributed by atoms with Crippen LogP contribution in [0.3, 0.4) is 0 Å². The minimum absolute atomic E-state index is 0.162. The number of methoxy groups -OCH3 is 1. The molecule has 9 heteroatoms. The molecule has 35 heavy (non-hydrogen) atoms. The van der Waals surface area contributed by atoms with Gasteiger partial charge in [0.1, 0.15) is 29.1 Å². The van der Waals surface area contributed by atoms with Crippen LogP contribution in [0.15, 0.2) is 77.9 Å². The number of carbonyl (C=O) groups excluding carboxylic acids is 1. The fraction of sp³-hybridized carbons (Fsp3) is 0.115. The van der Waals surface area contributed by atoms with E-state index in [0.717, 1.165) is 5.56 Å². The monoisotopic (exact) mass is 490 g/mol. The number of hydrogen-bond acceptors (Lipinski definition) is 4. The predicted octanol–water partition coefficient (Wildman–Crippen LogP) is 4.84. The van der Waals surface area contributed by atoms with E-state index >= 15 is 0 Å². The number of ether oxygens (including phenoxy) is 1. The molecule has 2 heterocycles. The predicted molar refractivity (Wildman–Crippen MR) is 134 cm³/mol. The van der Waals surface area contributed by atoms with Gasteiger partial charge in [-0.15, -0.1) is 0 Å². The summed E-state index contributed by atoms with van der Waals surface area (Å²) in [5.41, 5.74) is 2.05. The van der Waals surface area contributed by atoms with Gasteiger partial charge in [-0.25, -0.2) is 9.37 Å². The second kappa shape index (κ2) is 9.23. The van der Waals surface area contributed by atoms with E-state index in [2.05, 4.69) is 10.3 Å². The molecule has 0 aliphatic carbocycles. The first-order valence-electron chi connectivity index (χ1n) is 10.8. The maximum absolute atomic E-state index is 14.1. The van der Waals surface area contributed by atoms with Crippen LogP contribution in [-0.4, -0.2) is 27.1 Å². The van der Waals surface area contributed by atoms with Crippen molar-refractivity contribution in [2.24, 2.45) is 0 Å². The molecule has 0 spiro atoms. The summed E-state index contributed by atoms with van der Waals surface area (Å²) in [5.74, 6) is -0.141. The SMILES string of the molecule is COc1ccc(NC(=O)Cn2c3ccc(F)cc3c3ncn(Cc4ccccc4Cl)c(=O)c32)cc1. The molecule has 0 unspecified atom stereocenters. The number of halogens is 2. The van der Waals surface area contributed by atoms with Crippen molar-refractivity contribution in [1.82, 2.24) is 14.1 Å². The van der Waals surface area contributed by atoms with E-state index in [0.29, 0.717) is 32.9 Å². The van der Waals surface area contributed by atoms with E-state index in [-0.39, 0.29) is 30.1 Å². The smallest absolute Gasteiger partial charge is 0.278 e. The average molecular weight is 491 g/mol. The van der Waals surface area contributed by atoms with E-state index in [9.17, 15) is 14.0 Å². The number of benzene rings is 3. The molecule has 0 aliphatic heterocycles. The van der Waals surface area contributed by atoms with E-state index in [1.165, 1.54) is 23.0 Å². The maximum Gasteiger partial charge on any atom is 0.278 e. The molecule has 0 aliphatic rings. The summed E-state index contributed by atoms with van der Waals surface area (Å²) >= 11 is 6.28. The van der Waals surface area contributed by atoms with Crippen LogP contribution in [0.4, 0.5) is 10.1 Å². The Bertz CT molecular complexity index is 1630. The molecule has 0 bridgehead atoms. The van der Waals surface area contributed by atoms with Crippen LogP contribution in [0.1, 0.15) is 5.56 Å². The molecule has 5 aromatic rings. The first-order chi connectivity index (χ1) is 16.9. The molecule has 1 N–H and O–H groups in total. The van der Waals surface area contributed by atoms with Crippen molar-refractivity contribution in [1.29, 1.82) is 0 Å². The van der Waals surface area contributed by atoms with Gasteiger partial charge in [0.05, 0.1) is 25.5 Å². The minimum Gasteiger partial charge on any atom is -0.497 e. The van der Waals surface area contributed by atoms with Gasteiger partial charge in [0.25, 0.3) is 5.56 Å². The number of carbonyl (C=O) groups is 1. The molecule has 3 aromatic carbocycles. The number of amides is 1. The molecule has 0 saturated carbocycles. The Balaban J connectivity index is 1.58. The standard InChI is InChI=1S/C26H20ClFN4O3/c1-35-19-9-7-18(8-10-19)30-23(33)14-32-22-11-6-17(28)12-20(22)24-25(32)26(34)31(15-29-24)13-16-4-2-3-5-21(16)27/h2-12,15H,13-14H2,1H3,(H,30,33). The summed E-state index contributed by atoms with van der Waals surface area (Å²) in [7, 11) is 1.56. The number of anilines is 1. The molecule has 0 atom stereocenters. The van der Waals surface area contributed by atoms with Gasteiger partial charge < -0.3 is 14.6 Å². The fourth-order valence-corrected chi connectivity index (χ4v) is 4.27. The van der Waals surface area contributed by atoms with Crippen molar-refractivity contribution in [3.05, 3.63) is 99.8 Å². The minimum atomic E-state index is -0.457. The molecule has 2 aromatic heterocycles. The summed E-state index contributed by atoms with van der Waals surface area (Å²) in [6, 6.07) is 18.3. The van der Waals surface area contributed by atoms with E-state index in [1.54, 1.807) is 48.1 Å². The second-order valence-corrected chi connectivity index (χ2v) is 8.40. The van der Waals surface area contributed by atoms with Gasteiger partial charge in [-0.2, -0.15) is 0 Å². The van der Waals surface area contributed by atoms with Crippen molar-refractivity contribution in [3.63, 3.8) is 0 Å². The third-order valence-electron chi connectivity index (χ3n) is 5.76. The van der Waals surface area contributed by atoms with Crippen LogP contribution < -0.4 is 15.6 Å². The van der Waals surface area contributed by atoms with Gasteiger partial charge in [-0.3, -0.25) is 14.2 Å². The molecule has 7 nitrogen and oxygen atoms in total. The van der Waals surface area contributed by atoms with Gasteiger partial charge in [0.15, 0.2) is 0 Å². The Labute approximate surface area is 204 Å². The van der Waals surface area contributed by atoms with Crippen LogP contribution in [0.25, 0.3) is 21.9 Å². The van der Waals surface area contributed by atoms with Crippen LogP contribution >= 0.6 is 11.6 Å². The molecule has 176 valence electrons. The van der Waals surface area contributed by atoms with Crippen LogP contribution in [0.2, 0.25) is 5.02 Å². The van der Waals surface area contributed by atoms with Crippen molar-refractivity contribution in [2.75, 3.05) is 12.4 Å². The van der Waals surface area contributed by atoms with Gasteiger partial charge in [0.2, 0.25) is 5.91 Å². The Morgan fingerprint density at radius 3 is 2.63 bits per heavy atom. The van der Waals surface area contributed by atoms with Crippen molar-refractivity contribution >= 4 is 45.1 Å². The second-order valence-electron chi connectivity index (χ2n) is 7.99. The van der Waals surface area contributed by atoms with E-state index in [4.69, 9.17) is 16.3 Å². The van der Waals surface area contributed by atoms with Gasteiger partial charge in [0, 0.05) is 16.1 Å². The third-order valence-corrected chi connectivity index (χ3v) is 6.13. The van der Waals surface area contributed by atoms with Crippen LogP contribution in [-0.2, 0) is 17.9 Å². The lowest BCUT2D eigenvalue weighted by Gasteiger charge is -2.11. The number of rotatable bonds is 6.